The van der Waals surface area contributed by atoms with E-state index in [1.165, 1.54) is 4.90 Å². The quantitative estimate of drug-likeness (QED) is 0.177. The molecule has 0 aromatic heterocycles. The number of ether oxygens (including phenoxy) is 5. The fourth-order valence-corrected chi connectivity index (χ4v) is 6.66. The summed E-state index contributed by atoms with van der Waals surface area (Å²) in [5.74, 6) is -0.150. The number of alkyl carbamates (subject to hydrolysis) is 1. The number of nitrogens with zero attached hydrogens (tertiary/aromatic N) is 2. The Morgan fingerprint density at radius 3 is 2.29 bits per heavy atom. The second-order valence-corrected chi connectivity index (χ2v) is 14.4. The summed E-state index contributed by atoms with van der Waals surface area (Å²) in [7, 11) is 3.26. The van der Waals surface area contributed by atoms with E-state index in [4.69, 9.17) is 23.7 Å². The van der Waals surface area contributed by atoms with Gasteiger partial charge in [0.15, 0.2) is 0 Å². The summed E-state index contributed by atoms with van der Waals surface area (Å²) >= 11 is 0. The van der Waals surface area contributed by atoms with E-state index in [0.717, 1.165) is 41.5 Å². The molecule has 1 saturated heterocycles. The number of amides is 3. The Morgan fingerprint density at radius 1 is 0.885 bits per heavy atom. The number of nitrogens with one attached hydrogen (secondary N) is 1. The van der Waals surface area contributed by atoms with Gasteiger partial charge in [0, 0.05) is 57.8 Å². The van der Waals surface area contributed by atoms with E-state index in [0.29, 0.717) is 37.8 Å². The highest BCUT2D eigenvalue weighted by atomic mass is 16.6. The Bertz CT molecular complexity index is 1660. The molecule has 1 unspecified atom stereocenters. The number of piperidine rings is 1. The van der Waals surface area contributed by atoms with Crippen molar-refractivity contribution in [1.82, 2.24) is 15.1 Å². The van der Waals surface area contributed by atoms with Crippen molar-refractivity contribution in [3.8, 4) is 22.6 Å². The molecule has 2 fully saturated rings. The molecule has 1 heterocycles. The molecule has 1 aliphatic carbocycles. The van der Waals surface area contributed by atoms with Gasteiger partial charge >= 0.3 is 12.2 Å². The minimum absolute atomic E-state index is 0.0285. The van der Waals surface area contributed by atoms with Gasteiger partial charge < -0.3 is 38.8 Å². The molecular formula is C41H53N3O8. The summed E-state index contributed by atoms with van der Waals surface area (Å²) in [6.07, 6.45) is 0.460. The van der Waals surface area contributed by atoms with Crippen LogP contribution in [0.4, 0.5) is 9.59 Å². The van der Waals surface area contributed by atoms with Gasteiger partial charge in [0.25, 0.3) is 0 Å². The van der Waals surface area contributed by atoms with E-state index < -0.39 is 35.7 Å². The van der Waals surface area contributed by atoms with Gasteiger partial charge in [-0.05, 0) is 74.9 Å². The van der Waals surface area contributed by atoms with E-state index >= 15 is 4.79 Å². The normalized spacial score (nSPS) is 18.7. The van der Waals surface area contributed by atoms with Crippen molar-refractivity contribution in [3.05, 3.63) is 83.9 Å². The van der Waals surface area contributed by atoms with Gasteiger partial charge in [-0.15, -0.1) is 0 Å². The van der Waals surface area contributed by atoms with Gasteiger partial charge in [-0.25, -0.2) is 9.59 Å². The first-order chi connectivity index (χ1) is 25.0. The standard InChI is InChI=1S/C41H53N3O8/c1-7-42-39(46)51-36-27-43(40(47)52-41(2,3)4)26-35(37(36)31-16-11-15-30(23-31)29-13-9-8-10-14-29)38(45)44(32-17-18-32)25-28-21-33(49-6)24-34(22-28)50-20-12-19-48-5/h8-11,13-16,21-24,32,35-37H,7,12,17-20,25-27H2,1-6H3,(H,42,46)/t35?,36-,37-/m1/s1. The summed E-state index contributed by atoms with van der Waals surface area (Å²) in [6.45, 7) is 9.13. The van der Waals surface area contributed by atoms with E-state index in [1.807, 2.05) is 78.6 Å². The van der Waals surface area contributed by atoms with Crippen LogP contribution >= 0.6 is 0 Å². The Morgan fingerprint density at radius 2 is 1.62 bits per heavy atom. The molecular weight excluding hydrogens is 662 g/mol. The second-order valence-electron chi connectivity index (χ2n) is 14.4. The number of likely N-dealkylation sites (tertiary alicyclic amines) is 1. The van der Waals surface area contributed by atoms with Crippen molar-refractivity contribution in [3.63, 3.8) is 0 Å². The number of carbonyl (C=O) groups is 3. The first-order valence-corrected chi connectivity index (χ1v) is 18.2. The Hall–Kier alpha value is -4.77. The maximum absolute atomic E-state index is 15.1. The van der Waals surface area contributed by atoms with Crippen LogP contribution in [0.5, 0.6) is 11.5 Å². The lowest BCUT2D eigenvalue weighted by Crippen LogP contribution is -2.57. The maximum Gasteiger partial charge on any atom is 0.410 e. The molecule has 52 heavy (non-hydrogen) atoms. The fraction of sp³-hybridized carbons (Fsp3) is 0.488. The Kier molecular flexibility index (Phi) is 13.0. The van der Waals surface area contributed by atoms with Crippen LogP contribution in [-0.4, -0.2) is 92.7 Å². The average Bonchev–Trinajstić information content (AvgIpc) is 3.97. The molecule has 3 amide bonds. The van der Waals surface area contributed by atoms with Gasteiger partial charge in [-0.2, -0.15) is 0 Å². The van der Waals surface area contributed by atoms with Gasteiger partial charge in [-0.1, -0.05) is 54.6 Å². The van der Waals surface area contributed by atoms with Crippen molar-refractivity contribution in [2.75, 3.05) is 47.1 Å². The number of rotatable bonds is 14. The second kappa shape index (κ2) is 17.6. The minimum Gasteiger partial charge on any atom is -0.497 e. The van der Waals surface area contributed by atoms with Crippen molar-refractivity contribution in [2.24, 2.45) is 5.92 Å². The zero-order valence-electron chi connectivity index (χ0n) is 31.3. The van der Waals surface area contributed by atoms with Crippen molar-refractivity contribution >= 4 is 18.1 Å². The molecule has 2 aliphatic rings. The van der Waals surface area contributed by atoms with E-state index in [9.17, 15) is 9.59 Å². The lowest BCUT2D eigenvalue weighted by molar-refractivity contribution is -0.141. The van der Waals surface area contributed by atoms with E-state index in [1.54, 1.807) is 35.0 Å². The van der Waals surface area contributed by atoms with Crippen LogP contribution in [0.1, 0.15) is 64.0 Å². The zero-order chi connectivity index (χ0) is 37.3. The number of methoxy groups -OCH3 is 2. The van der Waals surface area contributed by atoms with Crippen LogP contribution in [0.2, 0.25) is 0 Å². The van der Waals surface area contributed by atoms with Crippen LogP contribution in [0.3, 0.4) is 0 Å². The van der Waals surface area contributed by atoms with E-state index in [-0.39, 0.29) is 25.0 Å². The third-order valence-electron chi connectivity index (χ3n) is 9.14. The maximum atomic E-state index is 15.1. The molecule has 11 heteroatoms. The molecule has 0 bridgehead atoms. The first-order valence-electron chi connectivity index (χ1n) is 18.2. The van der Waals surface area contributed by atoms with Gasteiger partial charge in [0.2, 0.25) is 5.91 Å². The molecule has 5 rings (SSSR count). The average molecular weight is 716 g/mol. The number of benzene rings is 3. The zero-order valence-corrected chi connectivity index (χ0v) is 31.3. The third kappa shape index (κ3) is 10.4. The predicted molar refractivity (Wildman–Crippen MR) is 198 cm³/mol. The van der Waals surface area contributed by atoms with Crippen LogP contribution in [0.25, 0.3) is 11.1 Å². The molecule has 3 aromatic carbocycles. The van der Waals surface area contributed by atoms with Crippen molar-refractivity contribution in [1.29, 1.82) is 0 Å². The Labute approximate surface area is 307 Å². The topological polar surface area (TPSA) is 116 Å². The van der Waals surface area contributed by atoms with Crippen LogP contribution in [-0.2, 0) is 25.5 Å². The van der Waals surface area contributed by atoms with Crippen LogP contribution < -0.4 is 14.8 Å². The van der Waals surface area contributed by atoms with Crippen LogP contribution in [0.15, 0.2) is 72.8 Å². The van der Waals surface area contributed by atoms with E-state index in [2.05, 4.69) is 11.4 Å². The monoisotopic (exact) mass is 715 g/mol. The van der Waals surface area contributed by atoms with Crippen molar-refractivity contribution in [2.45, 2.75) is 77.2 Å². The predicted octanol–water partition coefficient (Wildman–Crippen LogP) is 7.03. The lowest BCUT2D eigenvalue weighted by atomic mass is 9.77. The highest BCUT2D eigenvalue weighted by molar-refractivity contribution is 5.83. The van der Waals surface area contributed by atoms with Gasteiger partial charge in [0.1, 0.15) is 23.2 Å². The number of hydrogen-bond acceptors (Lipinski definition) is 8. The van der Waals surface area contributed by atoms with Gasteiger partial charge in [-0.3, -0.25) is 4.79 Å². The smallest absolute Gasteiger partial charge is 0.410 e. The molecule has 0 radical (unpaired) electrons. The first kappa shape index (κ1) is 38.5. The molecule has 1 saturated carbocycles. The summed E-state index contributed by atoms with van der Waals surface area (Å²) in [6, 6.07) is 23.8. The highest BCUT2D eigenvalue weighted by Gasteiger charge is 2.48. The molecule has 280 valence electrons. The van der Waals surface area contributed by atoms with Crippen molar-refractivity contribution < 1.29 is 38.1 Å². The molecule has 1 N–H and O–H groups in total. The SMILES string of the molecule is CCNC(=O)O[C@@H]1CN(C(=O)OC(C)(C)C)CC(C(=O)N(Cc2cc(OC)cc(OCCCOC)c2)C2CC2)[C@H]1c1cccc(-c2ccccc2)c1. The summed E-state index contributed by atoms with van der Waals surface area (Å²) < 4.78 is 28.7. The minimum atomic E-state index is -0.835. The highest BCUT2D eigenvalue weighted by Crippen LogP contribution is 2.41. The molecule has 3 atom stereocenters. The lowest BCUT2D eigenvalue weighted by Gasteiger charge is -2.44. The third-order valence-corrected chi connectivity index (χ3v) is 9.14. The Balaban J connectivity index is 1.54. The molecule has 3 aromatic rings. The molecule has 11 nitrogen and oxygen atoms in total. The van der Waals surface area contributed by atoms with Gasteiger partial charge in [0.05, 0.1) is 26.2 Å². The van der Waals surface area contributed by atoms with Crippen LogP contribution in [0, 0.1) is 5.92 Å². The number of hydrogen-bond donors (Lipinski definition) is 1. The summed E-state index contributed by atoms with van der Waals surface area (Å²) in [4.78, 5) is 45.3. The molecule has 0 spiro atoms. The summed E-state index contributed by atoms with van der Waals surface area (Å²) in [5, 5.41) is 2.73. The summed E-state index contributed by atoms with van der Waals surface area (Å²) in [5.41, 5.74) is 2.95. The molecule has 1 aliphatic heterocycles. The fourth-order valence-electron chi connectivity index (χ4n) is 6.66. The number of carbonyl (C=O) groups excluding carboxylic acids is 3. The largest absolute Gasteiger partial charge is 0.497 e.